The molecular formula is C32H32Cl2N6O4S. The van der Waals surface area contributed by atoms with Crippen LogP contribution < -0.4 is 0 Å². The largest absolute Gasteiger partial charge is 0.339 e. The summed E-state index contributed by atoms with van der Waals surface area (Å²) in [5.41, 5.74) is 2.10. The van der Waals surface area contributed by atoms with Crippen LogP contribution in [-0.4, -0.2) is 72.7 Å². The number of non-ortho nitro benzene ring substituents is 1. The van der Waals surface area contributed by atoms with E-state index in [2.05, 4.69) is 10.2 Å². The Morgan fingerprint density at radius 2 is 1.78 bits per heavy atom. The minimum Gasteiger partial charge on any atom is -0.339 e. The number of thioether (sulfide) groups is 1. The van der Waals surface area contributed by atoms with E-state index in [1.54, 1.807) is 33.7 Å². The van der Waals surface area contributed by atoms with Gasteiger partial charge in [0.1, 0.15) is 5.82 Å². The Hall–Kier alpha value is -3.93. The topological polar surface area (TPSA) is 114 Å². The van der Waals surface area contributed by atoms with Crippen molar-refractivity contribution in [2.75, 3.05) is 25.4 Å². The van der Waals surface area contributed by atoms with Crippen molar-refractivity contribution < 1.29 is 14.5 Å². The van der Waals surface area contributed by atoms with Gasteiger partial charge in [-0.3, -0.25) is 24.3 Å². The van der Waals surface area contributed by atoms with E-state index < -0.39 is 4.92 Å². The molecule has 0 spiro atoms. The molecule has 13 heteroatoms. The fraction of sp³-hybridized carbons (Fsp3) is 0.312. The third-order valence-electron chi connectivity index (χ3n) is 7.63. The first-order valence-electron chi connectivity index (χ1n) is 14.6. The molecule has 234 valence electrons. The second-order valence-corrected chi connectivity index (χ2v) is 12.7. The van der Waals surface area contributed by atoms with Crippen LogP contribution in [0.4, 0.5) is 5.69 Å². The summed E-state index contributed by atoms with van der Waals surface area (Å²) in [7, 11) is 0. The monoisotopic (exact) mass is 666 g/mol. The standard InChI is InChI=1S/C32H32Cl2N6O4S/c1-22-21-37(15-16-38(22)31(42)24-10-7-11-26(19-24)40(43)44)30(41)12-5-6-17-45-32-36-35-29(18-23-8-3-2-4-9-23)39(32)25-13-14-27(33)28(34)20-25/h2-4,7-11,13-14,19-20,22H,5-6,12,15-18,21H2,1H3. The van der Waals surface area contributed by atoms with Gasteiger partial charge in [0, 0.05) is 62.0 Å². The lowest BCUT2D eigenvalue weighted by molar-refractivity contribution is -0.384. The van der Waals surface area contributed by atoms with Gasteiger partial charge in [-0.1, -0.05) is 71.4 Å². The average Bonchev–Trinajstić information content (AvgIpc) is 3.44. The van der Waals surface area contributed by atoms with Crippen molar-refractivity contribution in [1.29, 1.82) is 0 Å². The maximum atomic E-state index is 13.0. The summed E-state index contributed by atoms with van der Waals surface area (Å²) in [4.78, 5) is 40.1. The zero-order valence-electron chi connectivity index (χ0n) is 24.6. The van der Waals surface area contributed by atoms with E-state index in [0.29, 0.717) is 48.9 Å². The first-order valence-corrected chi connectivity index (χ1v) is 16.3. The van der Waals surface area contributed by atoms with Gasteiger partial charge in [0.2, 0.25) is 5.91 Å². The Bertz CT molecular complexity index is 1690. The number of hydrogen-bond acceptors (Lipinski definition) is 7. The molecule has 2 amide bonds. The minimum atomic E-state index is -0.515. The molecule has 1 aliphatic rings. The molecule has 45 heavy (non-hydrogen) atoms. The molecule has 0 N–H and O–H groups in total. The maximum Gasteiger partial charge on any atom is 0.270 e. The van der Waals surface area contributed by atoms with E-state index >= 15 is 0 Å². The first-order chi connectivity index (χ1) is 21.7. The second-order valence-electron chi connectivity index (χ2n) is 10.8. The van der Waals surface area contributed by atoms with Crippen molar-refractivity contribution in [2.24, 2.45) is 0 Å². The molecule has 1 aliphatic heterocycles. The number of benzene rings is 3. The van der Waals surface area contributed by atoms with Crippen molar-refractivity contribution >= 4 is 52.5 Å². The lowest BCUT2D eigenvalue weighted by atomic mass is 10.1. The van der Waals surface area contributed by atoms with Crippen LogP contribution in [0.25, 0.3) is 5.69 Å². The van der Waals surface area contributed by atoms with Crippen LogP contribution in [0.5, 0.6) is 0 Å². The third-order valence-corrected chi connectivity index (χ3v) is 9.38. The number of amides is 2. The van der Waals surface area contributed by atoms with E-state index in [4.69, 9.17) is 23.2 Å². The van der Waals surface area contributed by atoms with E-state index in [9.17, 15) is 19.7 Å². The quantitative estimate of drug-likeness (QED) is 0.0756. The number of nitro groups is 1. The Morgan fingerprint density at radius 3 is 2.51 bits per heavy atom. The van der Waals surface area contributed by atoms with Crippen molar-refractivity contribution in [3.63, 3.8) is 0 Å². The van der Waals surface area contributed by atoms with Gasteiger partial charge in [-0.05, 0) is 49.6 Å². The molecule has 4 aromatic rings. The van der Waals surface area contributed by atoms with Crippen LogP contribution in [0.3, 0.4) is 0 Å². The zero-order valence-corrected chi connectivity index (χ0v) is 27.0. The minimum absolute atomic E-state index is 0.0541. The predicted octanol–water partition coefficient (Wildman–Crippen LogP) is 6.71. The number of aromatic nitrogens is 3. The predicted molar refractivity (Wildman–Crippen MR) is 175 cm³/mol. The van der Waals surface area contributed by atoms with E-state index in [0.717, 1.165) is 34.4 Å². The van der Waals surface area contributed by atoms with Crippen molar-refractivity contribution in [3.8, 4) is 5.69 Å². The number of nitrogens with zero attached hydrogens (tertiary/aromatic N) is 6. The molecule has 0 saturated carbocycles. The Kier molecular flexibility index (Phi) is 10.7. The Labute approximate surface area is 275 Å². The first kappa shape index (κ1) is 32.5. The number of rotatable bonds is 11. The van der Waals surface area contributed by atoms with Crippen LogP contribution in [0.15, 0.2) is 78.0 Å². The highest BCUT2D eigenvalue weighted by Crippen LogP contribution is 2.29. The van der Waals surface area contributed by atoms with Crippen LogP contribution in [0.2, 0.25) is 10.0 Å². The molecule has 1 atom stereocenters. The summed E-state index contributed by atoms with van der Waals surface area (Å²) in [5, 5.41) is 21.7. The molecule has 2 heterocycles. The van der Waals surface area contributed by atoms with Crippen LogP contribution in [0, 0.1) is 10.1 Å². The SMILES string of the molecule is CC1CN(C(=O)CCCCSc2nnc(Cc3ccccc3)n2-c2ccc(Cl)c(Cl)c2)CCN1C(=O)c1cccc([N+](=O)[O-])c1. The molecule has 0 aliphatic carbocycles. The maximum absolute atomic E-state index is 13.0. The van der Waals surface area contributed by atoms with E-state index in [1.807, 2.05) is 54.0 Å². The lowest BCUT2D eigenvalue weighted by Crippen LogP contribution is -2.55. The molecule has 1 unspecified atom stereocenters. The highest BCUT2D eigenvalue weighted by atomic mass is 35.5. The smallest absolute Gasteiger partial charge is 0.270 e. The second kappa shape index (κ2) is 14.9. The number of hydrogen-bond donors (Lipinski definition) is 0. The molecule has 10 nitrogen and oxygen atoms in total. The number of carbonyl (C=O) groups excluding carboxylic acids is 2. The molecule has 1 fully saturated rings. The van der Waals surface area contributed by atoms with Crippen LogP contribution in [-0.2, 0) is 11.2 Å². The number of unbranched alkanes of at least 4 members (excludes halogenated alkanes) is 1. The molecule has 0 radical (unpaired) electrons. The molecule has 1 aromatic heterocycles. The number of halogens is 2. The number of carbonyl (C=O) groups is 2. The van der Waals surface area contributed by atoms with Crippen molar-refractivity contribution in [1.82, 2.24) is 24.6 Å². The summed E-state index contributed by atoms with van der Waals surface area (Å²) in [6.45, 7) is 3.11. The molecular weight excluding hydrogens is 635 g/mol. The molecule has 3 aromatic carbocycles. The summed E-state index contributed by atoms with van der Waals surface area (Å²) in [6.07, 6.45) is 2.53. The summed E-state index contributed by atoms with van der Waals surface area (Å²) < 4.78 is 2.00. The van der Waals surface area contributed by atoms with Gasteiger partial charge < -0.3 is 9.80 Å². The summed E-state index contributed by atoms with van der Waals surface area (Å²) in [5.74, 6) is 1.32. The van der Waals surface area contributed by atoms with Crippen LogP contribution >= 0.6 is 35.0 Å². The van der Waals surface area contributed by atoms with Gasteiger partial charge in [0.05, 0.1) is 20.7 Å². The average molecular weight is 668 g/mol. The fourth-order valence-electron chi connectivity index (χ4n) is 5.27. The van der Waals surface area contributed by atoms with Crippen molar-refractivity contribution in [3.05, 3.63) is 110 Å². The number of piperazine rings is 1. The van der Waals surface area contributed by atoms with Gasteiger partial charge in [-0.15, -0.1) is 10.2 Å². The van der Waals surface area contributed by atoms with Crippen molar-refractivity contribution in [2.45, 2.75) is 43.8 Å². The van der Waals surface area contributed by atoms with Gasteiger partial charge in [-0.2, -0.15) is 0 Å². The normalized spacial score (nSPS) is 14.9. The van der Waals surface area contributed by atoms with E-state index in [-0.39, 0.29) is 29.1 Å². The van der Waals surface area contributed by atoms with E-state index in [1.165, 1.54) is 18.2 Å². The lowest BCUT2D eigenvalue weighted by Gasteiger charge is -2.40. The highest BCUT2D eigenvalue weighted by Gasteiger charge is 2.30. The summed E-state index contributed by atoms with van der Waals surface area (Å²) >= 11 is 14.1. The van der Waals surface area contributed by atoms with Gasteiger partial charge in [0.25, 0.3) is 11.6 Å². The van der Waals surface area contributed by atoms with Crippen LogP contribution in [0.1, 0.15) is 47.9 Å². The third kappa shape index (κ3) is 8.02. The van der Waals surface area contributed by atoms with Gasteiger partial charge >= 0.3 is 0 Å². The number of nitro benzene ring substituents is 1. The van der Waals surface area contributed by atoms with Gasteiger partial charge in [-0.25, -0.2) is 0 Å². The fourth-order valence-corrected chi connectivity index (χ4v) is 6.54. The zero-order chi connectivity index (χ0) is 31.9. The molecule has 0 bridgehead atoms. The highest BCUT2D eigenvalue weighted by molar-refractivity contribution is 7.99. The van der Waals surface area contributed by atoms with Gasteiger partial charge in [0.15, 0.2) is 5.16 Å². The summed E-state index contributed by atoms with van der Waals surface area (Å²) in [6, 6.07) is 21.1. The molecule has 5 rings (SSSR count). The Balaban J connectivity index is 1.13. The molecule has 1 saturated heterocycles. The Morgan fingerprint density at radius 1 is 0.978 bits per heavy atom.